The van der Waals surface area contributed by atoms with Crippen LogP contribution in [0.1, 0.15) is 5.56 Å². The summed E-state index contributed by atoms with van der Waals surface area (Å²) in [7, 11) is -3.84. The van der Waals surface area contributed by atoms with Crippen LogP contribution in [0.2, 0.25) is 0 Å². The molecule has 1 aliphatic heterocycles. The highest BCUT2D eigenvalue weighted by atomic mass is 32.2. The Balaban J connectivity index is 1.34. The Hall–Kier alpha value is -4.30. The van der Waals surface area contributed by atoms with Crippen molar-refractivity contribution in [2.24, 2.45) is 15.3 Å². The molecule has 0 fully saturated rings. The molecule has 1 aliphatic rings. The van der Waals surface area contributed by atoms with Crippen molar-refractivity contribution in [2.75, 3.05) is 10.4 Å². The molecule has 38 heavy (non-hydrogen) atoms. The minimum absolute atomic E-state index is 0.00931. The van der Waals surface area contributed by atoms with Crippen molar-refractivity contribution in [1.29, 1.82) is 0 Å². The highest BCUT2D eigenvalue weighted by Gasteiger charge is 2.36. The predicted molar refractivity (Wildman–Crippen MR) is 150 cm³/mol. The van der Waals surface area contributed by atoms with E-state index in [1.54, 1.807) is 6.07 Å². The second-order valence-corrected chi connectivity index (χ2v) is 11.5. The smallest absolute Gasteiger partial charge is 0.265 e. The molecule has 1 amide bonds. The van der Waals surface area contributed by atoms with Crippen LogP contribution >= 0.6 is 22.7 Å². The second-order valence-electron chi connectivity index (χ2n) is 8.08. The number of amides is 1. The monoisotopic (exact) mass is 559 g/mol. The molecule has 0 radical (unpaired) electrons. The summed E-state index contributed by atoms with van der Waals surface area (Å²) in [4.78, 5) is 22.5. The molecule has 3 N–H and O–H groups in total. The number of carbonyl (C=O) groups is 1. The number of primary sulfonamides is 1. The van der Waals surface area contributed by atoms with Gasteiger partial charge in [0.05, 0.1) is 20.8 Å². The first-order valence-electron chi connectivity index (χ1n) is 11.1. The van der Waals surface area contributed by atoms with Crippen LogP contribution < -0.4 is 15.6 Å². The largest absolute Gasteiger partial charge is 0.303 e. The zero-order valence-electron chi connectivity index (χ0n) is 19.3. The van der Waals surface area contributed by atoms with E-state index in [9.17, 15) is 13.2 Å². The minimum Gasteiger partial charge on any atom is -0.265 e. The number of benzene rings is 3. The van der Waals surface area contributed by atoms with Gasteiger partial charge >= 0.3 is 5.91 Å². The van der Waals surface area contributed by atoms with Gasteiger partial charge in [0.2, 0.25) is 20.3 Å². The number of aromatic nitrogens is 2. The van der Waals surface area contributed by atoms with E-state index in [2.05, 4.69) is 25.6 Å². The summed E-state index contributed by atoms with van der Waals surface area (Å²) in [5.41, 5.74) is 6.28. The molecule has 0 bridgehead atoms. The van der Waals surface area contributed by atoms with E-state index in [1.165, 1.54) is 39.8 Å². The van der Waals surface area contributed by atoms with E-state index in [0.29, 0.717) is 31.8 Å². The second kappa shape index (κ2) is 9.54. The van der Waals surface area contributed by atoms with Gasteiger partial charge < -0.3 is 0 Å². The summed E-state index contributed by atoms with van der Waals surface area (Å²) >= 11 is 2.49. The molecule has 3 heterocycles. The zero-order chi connectivity index (χ0) is 26.3. The zero-order valence-corrected chi connectivity index (χ0v) is 21.8. The Morgan fingerprint density at radius 3 is 2.34 bits per heavy atom. The fourth-order valence-electron chi connectivity index (χ4n) is 3.75. The SMILES string of the molecule is NS(=O)(=O)c1ccc2nc(N/N=C3\C(=O)N(c4nc(-c5ccccc5)cs4)N=C3c3ccccc3)sc2c1. The molecule has 0 spiro atoms. The van der Waals surface area contributed by atoms with E-state index in [4.69, 9.17) is 5.14 Å². The summed E-state index contributed by atoms with van der Waals surface area (Å²) in [5.74, 6) is -0.442. The third kappa shape index (κ3) is 4.59. The van der Waals surface area contributed by atoms with Crippen LogP contribution in [0.15, 0.2) is 99.3 Å². The van der Waals surface area contributed by atoms with E-state index in [-0.39, 0.29) is 10.6 Å². The van der Waals surface area contributed by atoms with E-state index in [0.717, 1.165) is 11.3 Å². The summed E-state index contributed by atoms with van der Waals surface area (Å²) in [6, 6.07) is 23.3. The molecule has 0 saturated heterocycles. The first-order valence-corrected chi connectivity index (χ1v) is 14.4. The van der Waals surface area contributed by atoms with Crippen molar-refractivity contribution in [3.8, 4) is 11.3 Å². The molecule has 5 aromatic rings. The number of sulfonamides is 1. The van der Waals surface area contributed by atoms with Gasteiger partial charge in [-0.3, -0.25) is 10.2 Å². The first-order chi connectivity index (χ1) is 18.4. The number of thiazole rings is 2. The van der Waals surface area contributed by atoms with Gasteiger partial charge in [-0.05, 0) is 18.2 Å². The first kappa shape index (κ1) is 24.1. The van der Waals surface area contributed by atoms with Gasteiger partial charge in [-0.25, -0.2) is 23.5 Å². The lowest BCUT2D eigenvalue weighted by molar-refractivity contribution is -0.112. The third-order valence-corrected chi connectivity index (χ3v) is 8.21. The van der Waals surface area contributed by atoms with Crippen molar-refractivity contribution in [3.05, 3.63) is 89.8 Å². The highest BCUT2D eigenvalue weighted by molar-refractivity contribution is 7.89. The molecule has 0 saturated carbocycles. The molecule has 0 atom stereocenters. The number of rotatable bonds is 6. The Labute approximate surface area is 224 Å². The molecular formula is C25H17N7O3S3. The molecule has 188 valence electrons. The van der Waals surface area contributed by atoms with Crippen LogP contribution in [0.25, 0.3) is 21.5 Å². The molecule has 6 rings (SSSR count). The number of nitrogens with two attached hydrogens (primary N) is 1. The van der Waals surface area contributed by atoms with Crippen LogP contribution in [-0.4, -0.2) is 35.7 Å². The minimum atomic E-state index is -3.84. The van der Waals surface area contributed by atoms with Crippen molar-refractivity contribution < 1.29 is 13.2 Å². The van der Waals surface area contributed by atoms with Crippen LogP contribution in [0.3, 0.4) is 0 Å². The maximum Gasteiger partial charge on any atom is 0.303 e. The van der Waals surface area contributed by atoms with Crippen molar-refractivity contribution in [1.82, 2.24) is 9.97 Å². The molecule has 0 unspecified atom stereocenters. The summed E-state index contributed by atoms with van der Waals surface area (Å²) in [5, 5.41) is 18.1. The molecule has 10 nitrogen and oxygen atoms in total. The van der Waals surface area contributed by atoms with Gasteiger partial charge in [-0.1, -0.05) is 72.0 Å². The quantitative estimate of drug-likeness (QED) is 0.297. The van der Waals surface area contributed by atoms with Crippen LogP contribution in [0.4, 0.5) is 10.3 Å². The van der Waals surface area contributed by atoms with Crippen LogP contribution in [0, 0.1) is 0 Å². The Morgan fingerprint density at radius 2 is 1.63 bits per heavy atom. The standard InChI is InChI=1S/C25H17N7O3S3/c26-38(34,35)17-11-12-18-20(13-17)37-24(27-18)30-29-22-21(16-9-5-2-6-10-16)31-32(23(22)33)25-28-19(14-36-25)15-7-3-1-4-8-15/h1-14H,(H,27,30)(H2,26,34,35)/b29-22-. The van der Waals surface area contributed by atoms with Gasteiger partial charge in [-0.2, -0.15) is 15.2 Å². The third-order valence-electron chi connectivity index (χ3n) is 5.56. The van der Waals surface area contributed by atoms with E-state index < -0.39 is 15.9 Å². The number of carbonyl (C=O) groups excluding carboxylic acids is 1. The lowest BCUT2D eigenvalue weighted by Gasteiger charge is -2.06. The van der Waals surface area contributed by atoms with Crippen molar-refractivity contribution >= 4 is 70.5 Å². The Morgan fingerprint density at radius 1 is 0.921 bits per heavy atom. The lowest BCUT2D eigenvalue weighted by atomic mass is 10.1. The van der Waals surface area contributed by atoms with Gasteiger partial charge in [0.15, 0.2) is 5.71 Å². The molecular weight excluding hydrogens is 543 g/mol. The maximum atomic E-state index is 13.5. The highest BCUT2D eigenvalue weighted by Crippen LogP contribution is 2.31. The normalized spacial score (nSPS) is 14.9. The predicted octanol–water partition coefficient (Wildman–Crippen LogP) is 4.29. The van der Waals surface area contributed by atoms with E-state index in [1.807, 2.05) is 66.0 Å². The summed E-state index contributed by atoms with van der Waals surface area (Å²) < 4.78 is 24.0. The maximum absolute atomic E-state index is 13.5. The van der Waals surface area contributed by atoms with Gasteiger partial charge in [0, 0.05) is 16.5 Å². The fourth-order valence-corrected chi connectivity index (χ4v) is 5.99. The molecule has 3 aromatic carbocycles. The number of nitrogens with zero attached hydrogens (tertiary/aromatic N) is 5. The average Bonchev–Trinajstić information content (AvgIpc) is 3.64. The average molecular weight is 560 g/mol. The molecule has 0 aliphatic carbocycles. The Bertz CT molecular complexity index is 1850. The van der Waals surface area contributed by atoms with E-state index >= 15 is 0 Å². The lowest BCUT2D eigenvalue weighted by Crippen LogP contribution is -2.28. The summed E-state index contributed by atoms with van der Waals surface area (Å²) in [6.45, 7) is 0. The van der Waals surface area contributed by atoms with Crippen molar-refractivity contribution in [3.63, 3.8) is 0 Å². The number of hydrogen-bond donors (Lipinski definition) is 2. The molecule has 13 heteroatoms. The topological polar surface area (TPSA) is 143 Å². The number of nitrogens with one attached hydrogen (secondary N) is 1. The molecule has 2 aromatic heterocycles. The number of hydrogen-bond acceptors (Lipinski definition) is 10. The van der Waals surface area contributed by atoms with Gasteiger partial charge in [-0.15, -0.1) is 11.3 Å². The van der Waals surface area contributed by atoms with Gasteiger partial charge in [0.1, 0.15) is 5.71 Å². The summed E-state index contributed by atoms with van der Waals surface area (Å²) in [6.07, 6.45) is 0. The van der Waals surface area contributed by atoms with Crippen molar-refractivity contribution in [2.45, 2.75) is 4.90 Å². The Kier molecular flexibility index (Phi) is 6.04. The van der Waals surface area contributed by atoms with Gasteiger partial charge in [0.25, 0.3) is 0 Å². The number of hydrazone groups is 2. The number of anilines is 2. The van der Waals surface area contributed by atoms with Crippen LogP contribution in [-0.2, 0) is 14.8 Å². The fraction of sp³-hybridized carbons (Fsp3) is 0. The van der Waals surface area contributed by atoms with Crippen LogP contribution in [0.5, 0.6) is 0 Å². The number of fused-ring (bicyclic) bond motifs is 1.